The molecule has 0 spiro atoms. The summed E-state index contributed by atoms with van der Waals surface area (Å²) in [6.45, 7) is 5.24. The van der Waals surface area contributed by atoms with Gasteiger partial charge in [-0.1, -0.05) is 18.2 Å². The van der Waals surface area contributed by atoms with Gasteiger partial charge in [-0.05, 0) is 6.92 Å². The van der Waals surface area contributed by atoms with Gasteiger partial charge in [0.05, 0.1) is 17.0 Å². The van der Waals surface area contributed by atoms with Gasteiger partial charge in [0.2, 0.25) is 0 Å². The Morgan fingerprint density at radius 2 is 2.45 bits per heavy atom. The predicted octanol–water partition coefficient (Wildman–Crippen LogP) is 1.01. The summed E-state index contributed by atoms with van der Waals surface area (Å²) in [7, 11) is 0. The van der Waals surface area contributed by atoms with Gasteiger partial charge in [-0.25, -0.2) is 0 Å². The van der Waals surface area contributed by atoms with E-state index in [0.29, 0.717) is 6.54 Å². The van der Waals surface area contributed by atoms with Crippen LogP contribution in [0.25, 0.3) is 0 Å². The Labute approximate surface area is 70.6 Å². The minimum Gasteiger partial charge on any atom is -0.350 e. The summed E-state index contributed by atoms with van der Waals surface area (Å²) in [5.41, 5.74) is 0. The zero-order valence-electron chi connectivity index (χ0n) is 6.22. The molecule has 3 nitrogen and oxygen atoms in total. The highest BCUT2D eigenvalue weighted by atomic mass is 35.5. The number of hydrogen-bond acceptors (Lipinski definition) is 2. The molecule has 1 unspecified atom stereocenters. The lowest BCUT2D eigenvalue weighted by Crippen LogP contribution is -2.27. The lowest BCUT2D eigenvalue weighted by atomic mass is 10.2. The maximum Gasteiger partial charge on any atom is 0.262 e. The third-order valence-electron chi connectivity index (χ3n) is 1.04. The van der Waals surface area contributed by atoms with Crippen molar-refractivity contribution in [2.24, 2.45) is 5.92 Å². The molecule has 1 atom stereocenters. The number of nitriles is 1. The summed E-state index contributed by atoms with van der Waals surface area (Å²) >= 11 is 5.27. The minimum atomic E-state index is -0.422. The average Bonchev–Trinajstić information content (AvgIpc) is 1.99. The third-order valence-corrected chi connectivity index (χ3v) is 1.21. The maximum absolute atomic E-state index is 10.7. The first kappa shape index (κ1) is 9.99. The highest BCUT2D eigenvalue weighted by Gasteiger charge is 2.04. The Balaban J connectivity index is 3.65. The van der Waals surface area contributed by atoms with Crippen molar-refractivity contribution in [1.29, 1.82) is 5.26 Å². The van der Waals surface area contributed by atoms with E-state index < -0.39 is 5.91 Å². The van der Waals surface area contributed by atoms with Gasteiger partial charge in [0.25, 0.3) is 5.91 Å². The summed E-state index contributed by atoms with van der Waals surface area (Å²) in [6.07, 6.45) is 0. The van der Waals surface area contributed by atoms with Crippen LogP contribution in [0.3, 0.4) is 0 Å². The number of nitrogens with zero attached hydrogens (tertiary/aromatic N) is 1. The van der Waals surface area contributed by atoms with Crippen LogP contribution in [0.2, 0.25) is 0 Å². The molecule has 4 heteroatoms. The van der Waals surface area contributed by atoms with Crippen LogP contribution in [0, 0.1) is 17.2 Å². The SMILES string of the molecule is C=C(Cl)C(=O)NCC(C)C#N. The Morgan fingerprint density at radius 1 is 1.91 bits per heavy atom. The molecule has 0 aliphatic heterocycles. The predicted molar refractivity (Wildman–Crippen MR) is 42.8 cm³/mol. The summed E-state index contributed by atoms with van der Waals surface area (Å²) in [5, 5.41) is 10.7. The molecule has 0 heterocycles. The lowest BCUT2D eigenvalue weighted by molar-refractivity contribution is -0.116. The van der Waals surface area contributed by atoms with Crippen molar-refractivity contribution in [3.63, 3.8) is 0 Å². The first-order valence-electron chi connectivity index (χ1n) is 3.10. The van der Waals surface area contributed by atoms with Crippen molar-refractivity contribution < 1.29 is 4.79 Å². The molecule has 0 radical (unpaired) electrons. The lowest BCUT2D eigenvalue weighted by Gasteiger charge is -2.03. The summed E-state index contributed by atoms with van der Waals surface area (Å²) in [4.78, 5) is 10.7. The van der Waals surface area contributed by atoms with Gasteiger partial charge >= 0.3 is 0 Å². The fraction of sp³-hybridized carbons (Fsp3) is 0.429. The fourth-order valence-electron chi connectivity index (χ4n) is 0.387. The largest absolute Gasteiger partial charge is 0.350 e. The molecule has 60 valence electrons. The van der Waals surface area contributed by atoms with E-state index in [1.807, 2.05) is 6.07 Å². The van der Waals surface area contributed by atoms with Gasteiger partial charge in [-0.3, -0.25) is 4.79 Å². The first-order chi connectivity index (χ1) is 5.07. The van der Waals surface area contributed by atoms with Gasteiger partial charge in [0.15, 0.2) is 0 Å². The number of halogens is 1. The van der Waals surface area contributed by atoms with E-state index in [0.717, 1.165) is 0 Å². The second kappa shape index (κ2) is 4.75. The van der Waals surface area contributed by atoms with Gasteiger partial charge < -0.3 is 5.32 Å². The van der Waals surface area contributed by atoms with E-state index in [9.17, 15) is 4.79 Å². The Kier molecular flexibility index (Phi) is 4.32. The quantitative estimate of drug-likeness (QED) is 0.647. The van der Waals surface area contributed by atoms with Gasteiger partial charge in [-0.15, -0.1) is 0 Å². The summed E-state index contributed by atoms with van der Waals surface area (Å²) in [5.74, 6) is -0.622. The molecule has 0 saturated carbocycles. The topological polar surface area (TPSA) is 52.9 Å². The molecule has 0 aromatic rings. The van der Waals surface area contributed by atoms with E-state index in [4.69, 9.17) is 16.9 Å². The highest BCUT2D eigenvalue weighted by molar-refractivity contribution is 6.41. The minimum absolute atomic E-state index is 0.0601. The monoisotopic (exact) mass is 172 g/mol. The average molecular weight is 173 g/mol. The van der Waals surface area contributed by atoms with Crippen molar-refractivity contribution in [3.05, 3.63) is 11.6 Å². The number of carbonyl (C=O) groups is 1. The Morgan fingerprint density at radius 3 is 2.82 bits per heavy atom. The van der Waals surface area contributed by atoms with Crippen molar-refractivity contribution in [2.75, 3.05) is 6.54 Å². The van der Waals surface area contributed by atoms with E-state index in [-0.39, 0.29) is 11.0 Å². The van der Waals surface area contributed by atoms with Gasteiger partial charge in [0, 0.05) is 6.54 Å². The van der Waals surface area contributed by atoms with E-state index in [1.165, 1.54) is 0 Å². The van der Waals surface area contributed by atoms with Crippen LogP contribution in [0.1, 0.15) is 6.92 Å². The fourth-order valence-corrected chi connectivity index (χ4v) is 0.454. The highest BCUT2D eigenvalue weighted by Crippen LogP contribution is 1.96. The summed E-state index contributed by atoms with van der Waals surface area (Å²) in [6, 6.07) is 1.97. The van der Waals surface area contributed by atoms with Crippen LogP contribution >= 0.6 is 11.6 Å². The van der Waals surface area contributed by atoms with Crippen LogP contribution in [0.15, 0.2) is 11.6 Å². The normalized spacial score (nSPS) is 11.4. The molecule has 1 N–H and O–H groups in total. The third kappa shape index (κ3) is 4.40. The molecule has 0 fully saturated rings. The molecule has 0 saturated heterocycles. The summed E-state index contributed by atoms with van der Waals surface area (Å²) < 4.78 is 0. The molecular weight excluding hydrogens is 164 g/mol. The van der Waals surface area contributed by atoms with Crippen LogP contribution in [0.5, 0.6) is 0 Å². The number of carbonyl (C=O) groups excluding carboxylic acids is 1. The second-order valence-electron chi connectivity index (χ2n) is 2.15. The molecule has 0 aliphatic carbocycles. The smallest absolute Gasteiger partial charge is 0.262 e. The molecular formula is C7H9ClN2O. The standard InChI is InChI=1S/C7H9ClN2O/c1-5(3-9)4-10-7(11)6(2)8/h5H,2,4H2,1H3,(H,10,11). The van der Waals surface area contributed by atoms with E-state index in [2.05, 4.69) is 11.9 Å². The molecule has 0 aliphatic rings. The van der Waals surface area contributed by atoms with E-state index in [1.54, 1.807) is 6.92 Å². The molecule has 0 bridgehead atoms. The zero-order valence-corrected chi connectivity index (χ0v) is 6.98. The van der Waals surface area contributed by atoms with E-state index >= 15 is 0 Å². The zero-order chi connectivity index (χ0) is 8.85. The number of nitrogens with one attached hydrogen (secondary N) is 1. The van der Waals surface area contributed by atoms with Crippen molar-refractivity contribution in [2.45, 2.75) is 6.92 Å². The van der Waals surface area contributed by atoms with Crippen LogP contribution < -0.4 is 5.32 Å². The van der Waals surface area contributed by atoms with Crippen molar-refractivity contribution >= 4 is 17.5 Å². The Hall–Kier alpha value is -1.01. The van der Waals surface area contributed by atoms with Crippen LogP contribution in [-0.4, -0.2) is 12.5 Å². The van der Waals surface area contributed by atoms with Crippen molar-refractivity contribution in [3.8, 4) is 6.07 Å². The maximum atomic E-state index is 10.7. The molecule has 11 heavy (non-hydrogen) atoms. The molecule has 0 aromatic heterocycles. The molecule has 0 aromatic carbocycles. The van der Waals surface area contributed by atoms with Crippen LogP contribution in [0.4, 0.5) is 0 Å². The number of rotatable bonds is 3. The Bertz CT molecular complexity index is 207. The van der Waals surface area contributed by atoms with Gasteiger partial charge in [-0.2, -0.15) is 5.26 Å². The number of amides is 1. The first-order valence-corrected chi connectivity index (χ1v) is 3.48. The molecule has 0 rings (SSSR count). The molecule has 1 amide bonds. The van der Waals surface area contributed by atoms with Crippen LogP contribution in [-0.2, 0) is 4.79 Å². The number of hydrogen-bond donors (Lipinski definition) is 1. The van der Waals surface area contributed by atoms with Crippen molar-refractivity contribution in [1.82, 2.24) is 5.32 Å². The second-order valence-corrected chi connectivity index (χ2v) is 2.60. The van der Waals surface area contributed by atoms with Gasteiger partial charge in [0.1, 0.15) is 0 Å².